The number of hydrogen-bond acceptors (Lipinski definition) is 6. The van der Waals surface area contributed by atoms with E-state index in [9.17, 15) is 4.39 Å². The van der Waals surface area contributed by atoms with Crippen LogP contribution in [-0.4, -0.2) is 33.0 Å². The molecule has 3 aromatic heterocycles. The lowest BCUT2D eigenvalue weighted by molar-refractivity contribution is 0.484. The van der Waals surface area contributed by atoms with Gasteiger partial charge in [-0.2, -0.15) is 0 Å². The van der Waals surface area contributed by atoms with Crippen LogP contribution in [0.2, 0.25) is 0 Å². The zero-order valence-corrected chi connectivity index (χ0v) is 16.5. The van der Waals surface area contributed by atoms with Crippen molar-refractivity contribution in [3.05, 3.63) is 84.4 Å². The lowest BCUT2D eigenvalue weighted by atomic mass is 10.3. The molecule has 8 heteroatoms. The van der Waals surface area contributed by atoms with Gasteiger partial charge in [0.25, 0.3) is 0 Å². The molecule has 0 bridgehead atoms. The van der Waals surface area contributed by atoms with Gasteiger partial charge in [0, 0.05) is 32.1 Å². The first-order valence-corrected chi connectivity index (χ1v) is 9.80. The smallest absolute Gasteiger partial charge is 0.195 e. The minimum absolute atomic E-state index is 0.307. The number of benzene rings is 1. The van der Waals surface area contributed by atoms with E-state index in [0.717, 1.165) is 11.5 Å². The van der Waals surface area contributed by atoms with Gasteiger partial charge in [-0.1, -0.05) is 18.7 Å². The second-order valence-corrected chi connectivity index (χ2v) is 6.85. The van der Waals surface area contributed by atoms with E-state index in [4.69, 9.17) is 4.42 Å². The van der Waals surface area contributed by atoms with Gasteiger partial charge < -0.3 is 20.0 Å². The molecule has 154 valence electrons. The van der Waals surface area contributed by atoms with Crippen LogP contribution in [-0.2, 0) is 19.4 Å². The first kappa shape index (κ1) is 19.8. The highest BCUT2D eigenvalue weighted by atomic mass is 19.1. The molecule has 1 aromatic carbocycles. The van der Waals surface area contributed by atoms with E-state index in [-0.39, 0.29) is 5.82 Å². The summed E-state index contributed by atoms with van der Waals surface area (Å²) < 4.78 is 19.2. The molecule has 3 heterocycles. The highest BCUT2D eigenvalue weighted by molar-refractivity contribution is 5.75. The van der Waals surface area contributed by atoms with Crippen LogP contribution in [0.25, 0.3) is 16.7 Å². The highest BCUT2D eigenvalue weighted by Gasteiger charge is 2.08. The van der Waals surface area contributed by atoms with E-state index < -0.39 is 0 Å². The van der Waals surface area contributed by atoms with Gasteiger partial charge in [-0.3, -0.25) is 4.98 Å². The second kappa shape index (κ2) is 9.32. The highest BCUT2D eigenvalue weighted by Crippen LogP contribution is 2.15. The number of oxazole rings is 1. The zero-order valence-electron chi connectivity index (χ0n) is 16.5. The molecule has 0 saturated carbocycles. The van der Waals surface area contributed by atoms with Crippen LogP contribution in [0.3, 0.4) is 0 Å². The van der Waals surface area contributed by atoms with E-state index in [1.807, 2.05) is 24.3 Å². The summed E-state index contributed by atoms with van der Waals surface area (Å²) in [6, 6.07) is 10.7. The van der Waals surface area contributed by atoms with Crippen molar-refractivity contribution < 1.29 is 8.81 Å². The van der Waals surface area contributed by atoms with E-state index in [2.05, 4.69) is 37.1 Å². The summed E-state index contributed by atoms with van der Waals surface area (Å²) >= 11 is 0. The SMILES string of the molecule is C=C(NCc1ccccn1)c1coc(CCNCCc2nc3c(F)cccc3[nH]2)n1. The third-order valence-electron chi connectivity index (χ3n) is 4.64. The number of imidazole rings is 1. The third-order valence-corrected chi connectivity index (χ3v) is 4.64. The Morgan fingerprint density at radius 3 is 2.83 bits per heavy atom. The van der Waals surface area contributed by atoms with Gasteiger partial charge in [0.15, 0.2) is 11.7 Å². The summed E-state index contributed by atoms with van der Waals surface area (Å²) in [4.78, 5) is 16.2. The molecule has 0 saturated heterocycles. The third kappa shape index (κ3) is 4.90. The number of aromatic nitrogens is 4. The normalized spacial score (nSPS) is 11.1. The number of H-pyrrole nitrogens is 1. The fraction of sp³-hybridized carbons (Fsp3) is 0.227. The minimum atomic E-state index is -0.307. The lowest BCUT2D eigenvalue weighted by Gasteiger charge is -2.05. The number of nitrogens with zero attached hydrogens (tertiary/aromatic N) is 3. The number of para-hydroxylation sites is 1. The zero-order chi connectivity index (χ0) is 20.8. The van der Waals surface area contributed by atoms with Gasteiger partial charge in [0.2, 0.25) is 0 Å². The van der Waals surface area contributed by atoms with Crippen molar-refractivity contribution in [1.29, 1.82) is 0 Å². The molecule has 0 radical (unpaired) electrons. The quantitative estimate of drug-likeness (QED) is 0.350. The Morgan fingerprint density at radius 1 is 1.10 bits per heavy atom. The van der Waals surface area contributed by atoms with Crippen LogP contribution < -0.4 is 10.6 Å². The predicted octanol–water partition coefficient (Wildman–Crippen LogP) is 3.22. The molecule has 0 spiro atoms. The van der Waals surface area contributed by atoms with Gasteiger partial charge in [0.05, 0.1) is 23.5 Å². The van der Waals surface area contributed by atoms with Crippen LogP contribution in [0.15, 0.2) is 59.9 Å². The van der Waals surface area contributed by atoms with E-state index in [1.54, 1.807) is 18.5 Å². The Balaban J connectivity index is 1.19. The van der Waals surface area contributed by atoms with E-state index in [1.165, 1.54) is 6.07 Å². The Bertz CT molecular complexity index is 1120. The average Bonchev–Trinajstić information content (AvgIpc) is 3.40. The van der Waals surface area contributed by atoms with Gasteiger partial charge in [-0.25, -0.2) is 14.4 Å². The summed E-state index contributed by atoms with van der Waals surface area (Å²) in [5.74, 6) is 1.10. The number of hydrogen-bond donors (Lipinski definition) is 3. The molecule has 30 heavy (non-hydrogen) atoms. The molecule has 0 aliphatic heterocycles. The molecule has 0 aliphatic rings. The van der Waals surface area contributed by atoms with Gasteiger partial charge in [0.1, 0.15) is 23.3 Å². The average molecular weight is 406 g/mol. The van der Waals surface area contributed by atoms with Crippen molar-refractivity contribution in [1.82, 2.24) is 30.6 Å². The maximum atomic E-state index is 13.7. The number of fused-ring (bicyclic) bond motifs is 1. The standard InChI is InChI=1S/C22H23FN6O/c1-15(26-13-16-5-2-3-10-25-16)19-14-30-21(28-19)9-12-24-11-8-20-27-18-7-4-6-17(23)22(18)29-20/h2-7,10,14,24,26H,1,8-9,11-13H2,(H,27,29). The molecular weight excluding hydrogens is 383 g/mol. The second-order valence-electron chi connectivity index (χ2n) is 6.85. The van der Waals surface area contributed by atoms with E-state index in [0.29, 0.717) is 60.8 Å². The van der Waals surface area contributed by atoms with Crippen LogP contribution >= 0.6 is 0 Å². The summed E-state index contributed by atoms with van der Waals surface area (Å²) in [6.07, 6.45) is 4.70. The summed E-state index contributed by atoms with van der Waals surface area (Å²) in [5.41, 5.74) is 3.41. The predicted molar refractivity (Wildman–Crippen MR) is 113 cm³/mol. The molecule has 0 unspecified atom stereocenters. The number of nitrogens with one attached hydrogen (secondary N) is 3. The Hall–Kier alpha value is -3.52. The maximum Gasteiger partial charge on any atom is 0.195 e. The summed E-state index contributed by atoms with van der Waals surface area (Å²) in [5, 5.41) is 6.53. The van der Waals surface area contributed by atoms with Crippen molar-refractivity contribution in [3.8, 4) is 0 Å². The van der Waals surface area contributed by atoms with Gasteiger partial charge in [-0.05, 0) is 24.3 Å². The molecule has 0 aliphatic carbocycles. The monoisotopic (exact) mass is 406 g/mol. The van der Waals surface area contributed by atoms with Crippen molar-refractivity contribution >= 4 is 16.7 Å². The molecule has 3 N–H and O–H groups in total. The summed E-state index contributed by atoms with van der Waals surface area (Å²) in [7, 11) is 0. The number of rotatable bonds is 10. The Morgan fingerprint density at radius 2 is 2.00 bits per heavy atom. The van der Waals surface area contributed by atoms with Crippen molar-refractivity contribution in [2.45, 2.75) is 19.4 Å². The minimum Gasteiger partial charge on any atom is -0.448 e. The van der Waals surface area contributed by atoms with Gasteiger partial charge >= 0.3 is 0 Å². The first-order chi connectivity index (χ1) is 14.7. The Kier molecular flexibility index (Phi) is 6.14. The maximum absolute atomic E-state index is 13.7. The van der Waals surface area contributed by atoms with E-state index >= 15 is 0 Å². The Labute approximate surface area is 173 Å². The topological polar surface area (TPSA) is 91.7 Å². The van der Waals surface area contributed by atoms with Crippen LogP contribution in [0.4, 0.5) is 4.39 Å². The molecule has 0 atom stereocenters. The van der Waals surface area contributed by atoms with Crippen molar-refractivity contribution in [2.75, 3.05) is 13.1 Å². The number of halogens is 1. The van der Waals surface area contributed by atoms with Gasteiger partial charge in [-0.15, -0.1) is 0 Å². The lowest BCUT2D eigenvalue weighted by Crippen LogP contribution is -2.20. The van der Waals surface area contributed by atoms with Crippen LogP contribution in [0, 0.1) is 5.82 Å². The number of aromatic amines is 1. The molecule has 4 rings (SSSR count). The molecule has 4 aromatic rings. The fourth-order valence-corrected chi connectivity index (χ4v) is 3.05. The first-order valence-electron chi connectivity index (χ1n) is 9.80. The van der Waals surface area contributed by atoms with Crippen molar-refractivity contribution in [2.24, 2.45) is 0 Å². The molecule has 0 amide bonds. The van der Waals surface area contributed by atoms with Crippen LogP contribution in [0.5, 0.6) is 0 Å². The summed E-state index contributed by atoms with van der Waals surface area (Å²) in [6.45, 7) is 6.01. The molecule has 0 fully saturated rings. The fourth-order valence-electron chi connectivity index (χ4n) is 3.05. The molecule has 7 nitrogen and oxygen atoms in total. The number of pyridine rings is 1. The largest absolute Gasteiger partial charge is 0.448 e. The molecular formula is C22H23FN6O. The van der Waals surface area contributed by atoms with Crippen molar-refractivity contribution in [3.63, 3.8) is 0 Å². The van der Waals surface area contributed by atoms with Crippen LogP contribution in [0.1, 0.15) is 23.1 Å².